The van der Waals surface area contributed by atoms with E-state index in [1.54, 1.807) is 0 Å². The summed E-state index contributed by atoms with van der Waals surface area (Å²) in [5.41, 5.74) is 4.76. The molecule has 0 aliphatic heterocycles. The fourth-order valence-electron chi connectivity index (χ4n) is 2.71. The standard InChI is InChI=1S/C16H20.C13H17N.C2H6/c1-2-3-4-5-6-7-8-10-13-16-14-11-9-12-15-16;1-4-5-6-7-12(3)13-8-11(2)9-14-10-13;1-2/h5-15H,2-4H2,1H3;4,8-10H,1,3,5-7H2,2H3;1-2H3/b6-5+,8-7-,13-10-;;. The van der Waals surface area contributed by atoms with Crippen LogP contribution in [-0.2, 0) is 0 Å². The number of pyridine rings is 1. The van der Waals surface area contributed by atoms with Crippen molar-refractivity contribution in [1.29, 1.82) is 0 Å². The van der Waals surface area contributed by atoms with Crippen LogP contribution in [0, 0.1) is 6.92 Å². The Bertz CT molecular complexity index is 809. The molecule has 1 aromatic heterocycles. The van der Waals surface area contributed by atoms with Crippen molar-refractivity contribution in [1.82, 2.24) is 4.98 Å². The predicted octanol–water partition coefficient (Wildman–Crippen LogP) is 9.79. The molecule has 0 N–H and O–H groups in total. The number of allylic oxidation sites excluding steroid dienone is 7. The summed E-state index contributed by atoms with van der Waals surface area (Å²) in [5, 5.41) is 0. The van der Waals surface area contributed by atoms with Gasteiger partial charge in [-0.3, -0.25) is 4.98 Å². The molecule has 0 atom stereocenters. The van der Waals surface area contributed by atoms with Crippen LogP contribution in [0.5, 0.6) is 0 Å². The van der Waals surface area contributed by atoms with Crippen molar-refractivity contribution in [2.75, 3.05) is 0 Å². The lowest BCUT2D eigenvalue weighted by atomic mass is 10.0. The van der Waals surface area contributed by atoms with Crippen molar-refractivity contribution in [3.8, 4) is 0 Å². The molecule has 1 heterocycles. The Morgan fingerprint density at radius 3 is 2.31 bits per heavy atom. The molecule has 0 bridgehead atoms. The molecule has 0 saturated carbocycles. The van der Waals surface area contributed by atoms with Gasteiger partial charge in [-0.05, 0) is 60.9 Å². The van der Waals surface area contributed by atoms with E-state index >= 15 is 0 Å². The fraction of sp³-hybridized carbons (Fsp3) is 0.323. The van der Waals surface area contributed by atoms with Gasteiger partial charge in [-0.1, -0.05) is 113 Å². The number of hydrogen-bond acceptors (Lipinski definition) is 1. The summed E-state index contributed by atoms with van der Waals surface area (Å²) < 4.78 is 0. The van der Waals surface area contributed by atoms with Gasteiger partial charge in [-0.15, -0.1) is 6.58 Å². The molecule has 32 heavy (non-hydrogen) atoms. The smallest absolute Gasteiger partial charge is 0.0343 e. The topological polar surface area (TPSA) is 12.9 Å². The monoisotopic (exact) mass is 429 g/mol. The molecule has 2 aromatic rings. The third kappa shape index (κ3) is 15.8. The first kappa shape index (κ1) is 29.1. The van der Waals surface area contributed by atoms with E-state index in [0.29, 0.717) is 0 Å². The SMILES string of the molecule is C=CCCCC(=C)c1cncc(C)c1.CC.CCCC/C=C/C=C\C=C/c1ccccc1. The lowest BCUT2D eigenvalue weighted by Gasteiger charge is -2.04. The minimum atomic E-state index is 1.02. The molecule has 1 heteroatoms. The molecule has 172 valence electrons. The van der Waals surface area contributed by atoms with Gasteiger partial charge in [0.25, 0.3) is 0 Å². The Kier molecular flexibility index (Phi) is 19.4. The van der Waals surface area contributed by atoms with Crippen LogP contribution in [0.15, 0.2) is 98.4 Å². The van der Waals surface area contributed by atoms with E-state index in [9.17, 15) is 0 Å². The second-order valence-electron chi connectivity index (χ2n) is 7.26. The number of benzene rings is 1. The van der Waals surface area contributed by atoms with Gasteiger partial charge in [0.05, 0.1) is 0 Å². The van der Waals surface area contributed by atoms with Crippen molar-refractivity contribution < 1.29 is 0 Å². The van der Waals surface area contributed by atoms with Crippen LogP contribution in [0.3, 0.4) is 0 Å². The van der Waals surface area contributed by atoms with Crippen molar-refractivity contribution in [2.24, 2.45) is 0 Å². The molecule has 1 aromatic carbocycles. The summed E-state index contributed by atoms with van der Waals surface area (Å²) in [6.07, 6.45) is 25.3. The average Bonchev–Trinajstić information content (AvgIpc) is 2.83. The molecule has 0 amide bonds. The zero-order chi connectivity index (χ0) is 23.9. The largest absolute Gasteiger partial charge is 0.264 e. The average molecular weight is 430 g/mol. The van der Waals surface area contributed by atoms with Gasteiger partial charge >= 0.3 is 0 Å². The van der Waals surface area contributed by atoms with Crippen molar-refractivity contribution >= 4 is 11.6 Å². The first-order valence-corrected chi connectivity index (χ1v) is 11.9. The highest BCUT2D eigenvalue weighted by Gasteiger charge is 1.98. The van der Waals surface area contributed by atoms with Crippen LogP contribution in [0.1, 0.15) is 76.0 Å². The summed E-state index contributed by atoms with van der Waals surface area (Å²) >= 11 is 0. The van der Waals surface area contributed by atoms with Crippen LogP contribution in [-0.4, -0.2) is 4.98 Å². The van der Waals surface area contributed by atoms with Crippen LogP contribution in [0.25, 0.3) is 11.6 Å². The second kappa shape index (κ2) is 21.3. The summed E-state index contributed by atoms with van der Waals surface area (Å²) in [6, 6.07) is 12.5. The summed E-state index contributed by atoms with van der Waals surface area (Å²) in [5.74, 6) is 0. The number of aromatic nitrogens is 1. The fourth-order valence-corrected chi connectivity index (χ4v) is 2.71. The van der Waals surface area contributed by atoms with Crippen molar-refractivity contribution in [3.05, 3.63) is 115 Å². The van der Waals surface area contributed by atoms with Crippen LogP contribution >= 0.6 is 0 Å². The lowest BCUT2D eigenvalue weighted by Crippen LogP contribution is -1.86. The minimum absolute atomic E-state index is 1.02. The molecule has 0 unspecified atom stereocenters. The Morgan fingerprint density at radius 1 is 0.938 bits per heavy atom. The first-order chi connectivity index (χ1) is 15.7. The van der Waals surface area contributed by atoms with Gasteiger partial charge in [0, 0.05) is 12.4 Å². The predicted molar refractivity (Wildman–Crippen MR) is 147 cm³/mol. The number of hydrogen-bond donors (Lipinski definition) is 0. The van der Waals surface area contributed by atoms with E-state index in [1.807, 2.05) is 57.4 Å². The summed E-state index contributed by atoms with van der Waals surface area (Å²) in [6.45, 7) is 16.0. The maximum Gasteiger partial charge on any atom is 0.0343 e. The van der Waals surface area contributed by atoms with E-state index in [0.717, 1.165) is 24.8 Å². The summed E-state index contributed by atoms with van der Waals surface area (Å²) in [7, 11) is 0. The van der Waals surface area contributed by atoms with Gasteiger partial charge in [-0.2, -0.15) is 0 Å². The molecule has 2 rings (SSSR count). The Hall–Kier alpha value is -2.93. The van der Waals surface area contributed by atoms with Crippen molar-refractivity contribution in [2.45, 2.75) is 66.2 Å². The molecule has 0 aliphatic carbocycles. The normalized spacial score (nSPS) is 10.5. The number of rotatable bonds is 11. The molecular formula is C31H43N. The Morgan fingerprint density at radius 2 is 1.66 bits per heavy atom. The Labute approximate surface area is 198 Å². The molecular weight excluding hydrogens is 386 g/mol. The lowest BCUT2D eigenvalue weighted by molar-refractivity contribution is 0.815. The zero-order valence-corrected chi connectivity index (χ0v) is 20.8. The molecule has 0 radical (unpaired) electrons. The van der Waals surface area contributed by atoms with Crippen LogP contribution in [0.2, 0.25) is 0 Å². The summed E-state index contributed by atoms with van der Waals surface area (Å²) in [4.78, 5) is 4.15. The van der Waals surface area contributed by atoms with Gasteiger partial charge in [0.1, 0.15) is 0 Å². The third-order valence-electron chi connectivity index (χ3n) is 4.45. The molecule has 0 spiro atoms. The number of unbranched alkanes of at least 4 members (excludes halogenated alkanes) is 3. The van der Waals surface area contributed by atoms with Gasteiger partial charge in [0.2, 0.25) is 0 Å². The highest BCUT2D eigenvalue weighted by atomic mass is 14.6. The highest BCUT2D eigenvalue weighted by molar-refractivity contribution is 5.62. The minimum Gasteiger partial charge on any atom is -0.264 e. The van der Waals surface area contributed by atoms with Gasteiger partial charge in [-0.25, -0.2) is 0 Å². The number of aryl methyl sites for hydroxylation is 1. The molecule has 0 saturated heterocycles. The second-order valence-corrected chi connectivity index (χ2v) is 7.26. The third-order valence-corrected chi connectivity index (χ3v) is 4.45. The van der Waals surface area contributed by atoms with E-state index in [-0.39, 0.29) is 0 Å². The molecule has 0 fully saturated rings. The van der Waals surface area contributed by atoms with E-state index in [2.05, 4.69) is 79.7 Å². The zero-order valence-electron chi connectivity index (χ0n) is 20.8. The van der Waals surface area contributed by atoms with Gasteiger partial charge < -0.3 is 0 Å². The number of nitrogens with zero attached hydrogens (tertiary/aromatic N) is 1. The van der Waals surface area contributed by atoms with E-state index < -0.39 is 0 Å². The van der Waals surface area contributed by atoms with Gasteiger partial charge in [0.15, 0.2) is 0 Å². The Balaban J connectivity index is 0.000000561. The van der Waals surface area contributed by atoms with Crippen molar-refractivity contribution in [3.63, 3.8) is 0 Å². The maximum absolute atomic E-state index is 4.15. The van der Waals surface area contributed by atoms with Crippen LogP contribution in [0.4, 0.5) is 0 Å². The van der Waals surface area contributed by atoms with E-state index in [4.69, 9.17) is 0 Å². The molecule has 0 aliphatic rings. The molecule has 1 nitrogen and oxygen atoms in total. The van der Waals surface area contributed by atoms with E-state index in [1.165, 1.54) is 36.0 Å². The maximum atomic E-state index is 4.15. The quantitative estimate of drug-likeness (QED) is 0.197. The highest BCUT2D eigenvalue weighted by Crippen LogP contribution is 2.18. The van der Waals surface area contributed by atoms with Crippen LogP contribution < -0.4 is 0 Å². The first-order valence-electron chi connectivity index (χ1n) is 11.9.